The minimum absolute atomic E-state index is 0.847. The van der Waals surface area contributed by atoms with E-state index in [0.717, 1.165) is 17.8 Å². The van der Waals surface area contributed by atoms with Gasteiger partial charge >= 0.3 is 0 Å². The van der Waals surface area contributed by atoms with Crippen molar-refractivity contribution in [2.45, 2.75) is 41.0 Å². The Balaban J connectivity index is 0.000000280. The summed E-state index contributed by atoms with van der Waals surface area (Å²) >= 11 is 0. The van der Waals surface area contributed by atoms with Gasteiger partial charge in [0.15, 0.2) is 0 Å². The summed E-state index contributed by atoms with van der Waals surface area (Å²) in [5, 5.41) is 7.44. The molecular formula is C12H25N3. The predicted octanol–water partition coefficient (Wildman–Crippen LogP) is 3.14. The van der Waals surface area contributed by atoms with Crippen LogP contribution in [0.25, 0.3) is 0 Å². The van der Waals surface area contributed by atoms with Crippen LogP contribution in [0, 0.1) is 17.8 Å². The Morgan fingerprint density at radius 1 is 1.07 bits per heavy atom. The summed E-state index contributed by atoms with van der Waals surface area (Å²) < 4.78 is 0. The van der Waals surface area contributed by atoms with Crippen LogP contribution in [0.3, 0.4) is 0 Å². The molecule has 1 aromatic heterocycles. The van der Waals surface area contributed by atoms with Crippen LogP contribution >= 0.6 is 0 Å². The maximum absolute atomic E-state index is 3.72. The van der Waals surface area contributed by atoms with E-state index in [1.807, 2.05) is 0 Å². The predicted molar refractivity (Wildman–Crippen MR) is 64.5 cm³/mol. The molecule has 0 saturated carbocycles. The van der Waals surface area contributed by atoms with Crippen LogP contribution in [0.5, 0.6) is 0 Å². The maximum atomic E-state index is 3.72. The topological polar surface area (TPSA) is 30.7 Å². The molecule has 0 amide bonds. The van der Waals surface area contributed by atoms with Gasteiger partial charge < -0.3 is 0 Å². The van der Waals surface area contributed by atoms with Gasteiger partial charge in [-0.2, -0.15) is 15.0 Å². The van der Waals surface area contributed by atoms with Gasteiger partial charge in [0.25, 0.3) is 0 Å². The van der Waals surface area contributed by atoms with Crippen molar-refractivity contribution in [3.63, 3.8) is 0 Å². The van der Waals surface area contributed by atoms with Crippen molar-refractivity contribution in [2.75, 3.05) is 0 Å². The van der Waals surface area contributed by atoms with E-state index < -0.39 is 0 Å². The summed E-state index contributed by atoms with van der Waals surface area (Å²) in [5.74, 6) is 2.62. The molecule has 3 nitrogen and oxygen atoms in total. The quantitative estimate of drug-likeness (QED) is 0.769. The number of hydrogen-bond acceptors (Lipinski definition) is 2. The molecule has 2 atom stereocenters. The van der Waals surface area contributed by atoms with Crippen molar-refractivity contribution < 1.29 is 0 Å². The van der Waals surface area contributed by atoms with Crippen molar-refractivity contribution in [3.8, 4) is 0 Å². The standard InChI is InChI=1S/C9H20.C3H5N3/c1-6-8(4)9(5)7(2)3;1-6-4-2-3-5-6/h7-9H,6H2,1-5H3;2-3H,1H3. The molecule has 0 radical (unpaired) electrons. The highest BCUT2D eigenvalue weighted by atomic mass is 15.4. The molecule has 1 aromatic rings. The van der Waals surface area contributed by atoms with Gasteiger partial charge in [-0.05, 0) is 17.8 Å². The van der Waals surface area contributed by atoms with Gasteiger partial charge in [-0.25, -0.2) is 0 Å². The molecule has 2 unspecified atom stereocenters. The Labute approximate surface area is 93.9 Å². The summed E-state index contributed by atoms with van der Waals surface area (Å²) in [7, 11) is 1.78. The number of aryl methyl sites for hydroxylation is 1. The zero-order valence-electron chi connectivity index (χ0n) is 10.9. The monoisotopic (exact) mass is 211 g/mol. The van der Waals surface area contributed by atoms with E-state index in [1.54, 1.807) is 19.4 Å². The summed E-state index contributed by atoms with van der Waals surface area (Å²) in [6.07, 6.45) is 4.60. The zero-order chi connectivity index (χ0) is 11.8. The minimum atomic E-state index is 0.847. The lowest BCUT2D eigenvalue weighted by Crippen LogP contribution is -2.12. The Bertz CT molecular complexity index is 229. The van der Waals surface area contributed by atoms with Crippen molar-refractivity contribution in [1.29, 1.82) is 0 Å². The normalized spacial score (nSPS) is 14.3. The number of aromatic nitrogens is 3. The average molecular weight is 211 g/mol. The Morgan fingerprint density at radius 2 is 1.53 bits per heavy atom. The summed E-state index contributed by atoms with van der Waals surface area (Å²) in [6, 6.07) is 0. The molecule has 0 fully saturated rings. The molecule has 0 saturated heterocycles. The van der Waals surface area contributed by atoms with Gasteiger partial charge in [0, 0.05) is 7.05 Å². The molecule has 1 heterocycles. The van der Waals surface area contributed by atoms with Crippen LogP contribution in [0.4, 0.5) is 0 Å². The fraction of sp³-hybridized carbons (Fsp3) is 0.833. The summed E-state index contributed by atoms with van der Waals surface area (Å²) in [6.45, 7) is 11.6. The zero-order valence-corrected chi connectivity index (χ0v) is 10.9. The smallest absolute Gasteiger partial charge is 0.0692 e. The number of rotatable bonds is 3. The van der Waals surface area contributed by atoms with E-state index in [2.05, 4.69) is 44.8 Å². The van der Waals surface area contributed by atoms with Crippen LogP contribution in [0.2, 0.25) is 0 Å². The van der Waals surface area contributed by atoms with Gasteiger partial charge in [-0.3, -0.25) is 0 Å². The second-order valence-electron chi connectivity index (χ2n) is 4.51. The first-order valence-electron chi connectivity index (χ1n) is 5.79. The van der Waals surface area contributed by atoms with Crippen LogP contribution in [-0.4, -0.2) is 15.0 Å². The SMILES string of the molecule is CCC(C)C(C)C(C)C.Cn1nccn1. The third-order valence-electron chi connectivity index (χ3n) is 3.13. The van der Waals surface area contributed by atoms with Crippen LogP contribution < -0.4 is 0 Å². The molecule has 0 aliphatic heterocycles. The van der Waals surface area contributed by atoms with Gasteiger partial charge in [0.1, 0.15) is 0 Å². The van der Waals surface area contributed by atoms with Crippen molar-refractivity contribution in [1.82, 2.24) is 15.0 Å². The first-order valence-corrected chi connectivity index (χ1v) is 5.79. The van der Waals surface area contributed by atoms with Crippen LogP contribution in [0.15, 0.2) is 12.4 Å². The largest absolute Gasteiger partial charge is 0.188 e. The Morgan fingerprint density at radius 3 is 1.67 bits per heavy atom. The second kappa shape index (κ2) is 7.43. The summed E-state index contributed by atoms with van der Waals surface area (Å²) in [5.41, 5.74) is 0. The van der Waals surface area contributed by atoms with Gasteiger partial charge in [-0.1, -0.05) is 41.0 Å². The number of nitrogens with zero attached hydrogens (tertiary/aromatic N) is 3. The second-order valence-corrected chi connectivity index (χ2v) is 4.51. The number of hydrogen-bond donors (Lipinski definition) is 0. The van der Waals surface area contributed by atoms with E-state index in [-0.39, 0.29) is 0 Å². The molecule has 1 rings (SSSR count). The Kier molecular flexibility index (Phi) is 7.01. The molecule has 0 bridgehead atoms. The van der Waals surface area contributed by atoms with Crippen molar-refractivity contribution >= 4 is 0 Å². The molecule has 0 aliphatic rings. The molecule has 0 N–H and O–H groups in total. The lowest BCUT2D eigenvalue weighted by atomic mass is 9.85. The lowest BCUT2D eigenvalue weighted by Gasteiger charge is -2.21. The average Bonchev–Trinajstić information content (AvgIpc) is 2.67. The van der Waals surface area contributed by atoms with E-state index in [1.165, 1.54) is 11.2 Å². The van der Waals surface area contributed by atoms with E-state index >= 15 is 0 Å². The molecule has 88 valence electrons. The molecule has 3 heteroatoms. The van der Waals surface area contributed by atoms with E-state index in [0.29, 0.717) is 0 Å². The molecule has 0 spiro atoms. The fourth-order valence-electron chi connectivity index (χ4n) is 1.31. The highest BCUT2D eigenvalue weighted by Crippen LogP contribution is 2.21. The van der Waals surface area contributed by atoms with Gasteiger partial charge in [0.05, 0.1) is 12.4 Å². The van der Waals surface area contributed by atoms with Gasteiger partial charge in [0.2, 0.25) is 0 Å². The molecule has 15 heavy (non-hydrogen) atoms. The fourth-order valence-corrected chi connectivity index (χ4v) is 1.31. The Hall–Kier alpha value is -0.860. The van der Waals surface area contributed by atoms with Gasteiger partial charge in [-0.15, -0.1) is 0 Å². The highest BCUT2D eigenvalue weighted by Gasteiger charge is 2.12. The lowest BCUT2D eigenvalue weighted by molar-refractivity contribution is 0.289. The maximum Gasteiger partial charge on any atom is 0.0692 e. The highest BCUT2D eigenvalue weighted by molar-refractivity contribution is 4.62. The molecule has 0 aromatic carbocycles. The first-order chi connectivity index (χ1) is 6.99. The first kappa shape index (κ1) is 14.1. The minimum Gasteiger partial charge on any atom is -0.188 e. The van der Waals surface area contributed by atoms with E-state index in [9.17, 15) is 0 Å². The van der Waals surface area contributed by atoms with Crippen LogP contribution in [-0.2, 0) is 7.05 Å². The molecule has 0 aliphatic carbocycles. The summed E-state index contributed by atoms with van der Waals surface area (Å²) in [4.78, 5) is 1.50. The third-order valence-corrected chi connectivity index (χ3v) is 3.13. The molecular weight excluding hydrogens is 186 g/mol. The van der Waals surface area contributed by atoms with Crippen LogP contribution in [0.1, 0.15) is 41.0 Å². The van der Waals surface area contributed by atoms with E-state index in [4.69, 9.17) is 0 Å². The van der Waals surface area contributed by atoms with Crippen molar-refractivity contribution in [2.24, 2.45) is 24.8 Å². The third kappa shape index (κ3) is 6.26. The van der Waals surface area contributed by atoms with Crippen molar-refractivity contribution in [3.05, 3.63) is 12.4 Å².